The molecule has 0 amide bonds. The molecule has 2 aromatic rings. The number of nitrogens with zero attached hydrogens (tertiary/aromatic N) is 3. The Bertz CT molecular complexity index is 441. The van der Waals surface area contributed by atoms with Crippen LogP contribution in [0.25, 0.3) is 0 Å². The van der Waals surface area contributed by atoms with Crippen molar-refractivity contribution >= 4 is 11.8 Å². The van der Waals surface area contributed by atoms with E-state index >= 15 is 0 Å². The summed E-state index contributed by atoms with van der Waals surface area (Å²) in [4.78, 5) is 13.5. The molecule has 0 radical (unpaired) electrons. The van der Waals surface area contributed by atoms with Crippen LogP contribution in [-0.4, -0.2) is 15.0 Å². The zero-order valence-electron chi connectivity index (χ0n) is 8.87. The van der Waals surface area contributed by atoms with Crippen LogP contribution in [-0.2, 0) is 0 Å². The van der Waals surface area contributed by atoms with Crippen molar-refractivity contribution < 1.29 is 0 Å². The van der Waals surface area contributed by atoms with E-state index in [1.54, 1.807) is 24.8 Å². The molecule has 2 rings (SSSR count). The van der Waals surface area contributed by atoms with E-state index in [1.165, 1.54) is 11.8 Å². The van der Waals surface area contributed by atoms with E-state index in [-0.39, 0.29) is 6.04 Å². The van der Waals surface area contributed by atoms with E-state index in [9.17, 15) is 0 Å². The Morgan fingerprint density at radius 1 is 1.19 bits per heavy atom. The maximum atomic E-state index is 5.72. The van der Waals surface area contributed by atoms with Crippen molar-refractivity contribution in [3.63, 3.8) is 0 Å². The molecule has 0 fully saturated rings. The van der Waals surface area contributed by atoms with Gasteiger partial charge in [-0.15, -0.1) is 0 Å². The molecule has 16 heavy (non-hydrogen) atoms. The fourth-order valence-corrected chi connectivity index (χ4v) is 1.89. The minimum absolute atomic E-state index is 0.0319. The Morgan fingerprint density at radius 2 is 2.06 bits per heavy atom. The molecule has 1 atom stereocenters. The van der Waals surface area contributed by atoms with Crippen molar-refractivity contribution in [3.8, 4) is 0 Å². The monoisotopic (exact) mass is 232 g/mol. The number of hydrogen-bond acceptors (Lipinski definition) is 5. The minimum Gasteiger partial charge on any atom is -0.323 e. The average molecular weight is 232 g/mol. The van der Waals surface area contributed by atoms with Gasteiger partial charge in [-0.25, -0.2) is 4.98 Å². The summed E-state index contributed by atoms with van der Waals surface area (Å²) in [5.41, 5.74) is 6.62. The van der Waals surface area contributed by atoms with Crippen molar-refractivity contribution in [3.05, 3.63) is 42.6 Å². The molecule has 2 heterocycles. The molecule has 0 saturated carbocycles. The van der Waals surface area contributed by atoms with E-state index in [0.717, 1.165) is 15.6 Å². The van der Waals surface area contributed by atoms with E-state index in [1.807, 2.05) is 19.1 Å². The second-order valence-corrected chi connectivity index (χ2v) is 4.45. The predicted molar refractivity (Wildman–Crippen MR) is 63.0 cm³/mol. The van der Waals surface area contributed by atoms with E-state index in [4.69, 9.17) is 5.73 Å². The zero-order valence-corrected chi connectivity index (χ0v) is 9.69. The van der Waals surface area contributed by atoms with Crippen LogP contribution in [0, 0.1) is 0 Å². The maximum Gasteiger partial charge on any atom is 0.119 e. The van der Waals surface area contributed by atoms with Gasteiger partial charge in [-0.3, -0.25) is 9.97 Å². The predicted octanol–water partition coefficient (Wildman–Crippen LogP) is 2.04. The van der Waals surface area contributed by atoms with Crippen molar-refractivity contribution in [2.45, 2.75) is 22.9 Å². The molecule has 0 spiro atoms. The minimum atomic E-state index is -0.0319. The van der Waals surface area contributed by atoms with Gasteiger partial charge in [0, 0.05) is 29.5 Å². The lowest BCUT2D eigenvalue weighted by Gasteiger charge is -2.05. The summed E-state index contributed by atoms with van der Waals surface area (Å²) in [5.74, 6) is 0. The van der Waals surface area contributed by atoms with Gasteiger partial charge in [-0.1, -0.05) is 11.8 Å². The topological polar surface area (TPSA) is 64.7 Å². The van der Waals surface area contributed by atoms with E-state index in [2.05, 4.69) is 15.0 Å². The van der Waals surface area contributed by atoms with Gasteiger partial charge in [-0.05, 0) is 19.1 Å². The van der Waals surface area contributed by atoms with Crippen LogP contribution in [0.15, 0.2) is 46.8 Å². The largest absolute Gasteiger partial charge is 0.323 e. The standard InChI is InChI=1S/C11H12N4S/c1-8(12)10-3-2-9(6-15-10)16-11-7-13-4-5-14-11/h2-8H,12H2,1H3/t8-/m1/s1. The quantitative estimate of drug-likeness (QED) is 0.877. The van der Waals surface area contributed by atoms with Crippen molar-refractivity contribution in [1.29, 1.82) is 0 Å². The third kappa shape index (κ3) is 2.77. The fraction of sp³-hybridized carbons (Fsp3) is 0.182. The SMILES string of the molecule is C[C@@H](N)c1ccc(Sc2cnccn2)cn1. The fourth-order valence-electron chi connectivity index (χ4n) is 1.18. The maximum absolute atomic E-state index is 5.72. The first kappa shape index (κ1) is 11.0. The normalized spacial score (nSPS) is 12.4. The first-order valence-corrected chi connectivity index (χ1v) is 5.73. The van der Waals surface area contributed by atoms with Crippen molar-refractivity contribution in [2.75, 3.05) is 0 Å². The molecule has 0 bridgehead atoms. The van der Waals surface area contributed by atoms with E-state index in [0.29, 0.717) is 0 Å². The van der Waals surface area contributed by atoms with Crippen LogP contribution < -0.4 is 5.73 Å². The highest BCUT2D eigenvalue weighted by Gasteiger charge is 2.02. The lowest BCUT2D eigenvalue weighted by molar-refractivity contribution is 0.777. The van der Waals surface area contributed by atoms with Gasteiger partial charge in [0.25, 0.3) is 0 Å². The summed E-state index contributed by atoms with van der Waals surface area (Å²) < 4.78 is 0. The van der Waals surface area contributed by atoms with Crippen LogP contribution in [0.5, 0.6) is 0 Å². The Morgan fingerprint density at radius 3 is 2.62 bits per heavy atom. The van der Waals surface area contributed by atoms with E-state index < -0.39 is 0 Å². The lowest BCUT2D eigenvalue weighted by atomic mass is 10.2. The number of pyridine rings is 1. The highest BCUT2D eigenvalue weighted by molar-refractivity contribution is 7.99. The molecule has 0 unspecified atom stereocenters. The summed E-state index contributed by atoms with van der Waals surface area (Å²) in [7, 11) is 0. The second-order valence-electron chi connectivity index (χ2n) is 3.35. The molecule has 5 heteroatoms. The molecule has 0 saturated heterocycles. The number of aromatic nitrogens is 3. The third-order valence-electron chi connectivity index (χ3n) is 1.99. The molecule has 2 N–H and O–H groups in total. The third-order valence-corrected chi connectivity index (χ3v) is 2.88. The first-order chi connectivity index (χ1) is 7.75. The Balaban J connectivity index is 2.11. The summed E-state index contributed by atoms with van der Waals surface area (Å²) in [5, 5.41) is 0.859. The molecule has 0 aliphatic heterocycles. The summed E-state index contributed by atoms with van der Waals surface area (Å²) in [6.45, 7) is 1.91. The number of rotatable bonds is 3. The van der Waals surface area contributed by atoms with Crippen LogP contribution in [0.1, 0.15) is 18.7 Å². The summed E-state index contributed by atoms with van der Waals surface area (Å²) in [6, 6.07) is 3.89. The average Bonchev–Trinajstić information content (AvgIpc) is 2.31. The molecule has 2 aromatic heterocycles. The Hall–Kier alpha value is -1.46. The Labute approximate surface area is 98.3 Å². The van der Waals surface area contributed by atoms with Gasteiger partial charge in [0.05, 0.1) is 11.9 Å². The van der Waals surface area contributed by atoms with Gasteiger partial charge in [0.2, 0.25) is 0 Å². The highest BCUT2D eigenvalue weighted by atomic mass is 32.2. The smallest absolute Gasteiger partial charge is 0.119 e. The van der Waals surface area contributed by atoms with Gasteiger partial charge in [0.15, 0.2) is 0 Å². The summed E-state index contributed by atoms with van der Waals surface area (Å²) >= 11 is 1.53. The second kappa shape index (κ2) is 5.05. The van der Waals surface area contributed by atoms with Crippen LogP contribution in [0.4, 0.5) is 0 Å². The van der Waals surface area contributed by atoms with Gasteiger partial charge in [-0.2, -0.15) is 0 Å². The molecule has 4 nitrogen and oxygen atoms in total. The number of nitrogens with two attached hydrogens (primary N) is 1. The first-order valence-electron chi connectivity index (χ1n) is 4.91. The highest BCUT2D eigenvalue weighted by Crippen LogP contribution is 2.24. The zero-order chi connectivity index (χ0) is 11.4. The molecule has 82 valence electrons. The number of hydrogen-bond donors (Lipinski definition) is 1. The van der Waals surface area contributed by atoms with Gasteiger partial charge in [0.1, 0.15) is 5.03 Å². The molecular weight excluding hydrogens is 220 g/mol. The van der Waals surface area contributed by atoms with Crippen LogP contribution in [0.3, 0.4) is 0 Å². The molecule has 0 aliphatic rings. The Kier molecular flexibility index (Phi) is 3.48. The lowest BCUT2D eigenvalue weighted by Crippen LogP contribution is -2.06. The van der Waals surface area contributed by atoms with Crippen LogP contribution in [0.2, 0.25) is 0 Å². The van der Waals surface area contributed by atoms with Crippen molar-refractivity contribution in [1.82, 2.24) is 15.0 Å². The molecule has 0 aromatic carbocycles. The molecule has 0 aliphatic carbocycles. The van der Waals surface area contributed by atoms with Gasteiger partial charge < -0.3 is 5.73 Å². The van der Waals surface area contributed by atoms with Crippen LogP contribution >= 0.6 is 11.8 Å². The summed E-state index contributed by atoms with van der Waals surface area (Å²) in [6.07, 6.45) is 6.86. The molecular formula is C11H12N4S. The van der Waals surface area contributed by atoms with Crippen molar-refractivity contribution in [2.24, 2.45) is 5.73 Å². The van der Waals surface area contributed by atoms with Gasteiger partial charge >= 0.3 is 0 Å².